The van der Waals surface area contributed by atoms with Crippen LogP contribution in [-0.4, -0.2) is 24.3 Å². The highest BCUT2D eigenvalue weighted by molar-refractivity contribution is 9.10. The molecule has 3 rings (SSSR count). The standard InChI is InChI=1S/C13H13BrClN5/c1-3-9-11(7-19(2)18-9)20-12(5-15)17-10-4-8(14)6-16-13(10)20/h4,6-7H,3,5H2,1-2H3. The SMILES string of the molecule is CCc1nn(C)cc1-n1c(CCl)nc2cc(Br)cnc21. The van der Waals surface area contributed by atoms with Crippen LogP contribution < -0.4 is 0 Å². The minimum absolute atomic E-state index is 0.325. The van der Waals surface area contributed by atoms with Crippen LogP contribution in [0.1, 0.15) is 18.4 Å². The molecule has 0 atom stereocenters. The molecule has 0 fully saturated rings. The molecule has 0 aliphatic heterocycles. The van der Waals surface area contributed by atoms with E-state index in [4.69, 9.17) is 11.6 Å². The molecule has 0 unspecified atom stereocenters. The van der Waals surface area contributed by atoms with Gasteiger partial charge in [0.25, 0.3) is 0 Å². The number of aromatic nitrogens is 5. The lowest BCUT2D eigenvalue weighted by Crippen LogP contribution is -2.02. The number of hydrogen-bond acceptors (Lipinski definition) is 3. The van der Waals surface area contributed by atoms with Crippen LogP contribution in [0.4, 0.5) is 0 Å². The summed E-state index contributed by atoms with van der Waals surface area (Å²) in [5.41, 5.74) is 3.61. The molecule has 3 aromatic heterocycles. The number of halogens is 2. The van der Waals surface area contributed by atoms with E-state index in [0.29, 0.717) is 5.88 Å². The predicted molar refractivity (Wildman–Crippen MR) is 82.3 cm³/mol. The second-order valence-electron chi connectivity index (χ2n) is 4.48. The Kier molecular flexibility index (Phi) is 3.52. The van der Waals surface area contributed by atoms with E-state index < -0.39 is 0 Å². The van der Waals surface area contributed by atoms with Gasteiger partial charge in [-0.15, -0.1) is 11.6 Å². The van der Waals surface area contributed by atoms with Crippen LogP contribution in [0.25, 0.3) is 16.9 Å². The van der Waals surface area contributed by atoms with Crippen molar-refractivity contribution < 1.29 is 0 Å². The van der Waals surface area contributed by atoms with Gasteiger partial charge in [-0.3, -0.25) is 9.25 Å². The number of aryl methyl sites for hydroxylation is 2. The number of fused-ring (bicyclic) bond motifs is 1. The molecule has 0 amide bonds. The fraction of sp³-hybridized carbons (Fsp3) is 0.308. The van der Waals surface area contributed by atoms with E-state index in [2.05, 4.69) is 37.9 Å². The van der Waals surface area contributed by atoms with Gasteiger partial charge in [-0.05, 0) is 28.4 Å². The second kappa shape index (κ2) is 5.18. The van der Waals surface area contributed by atoms with Gasteiger partial charge in [-0.25, -0.2) is 9.97 Å². The van der Waals surface area contributed by atoms with Crippen molar-refractivity contribution in [3.05, 3.63) is 34.5 Å². The van der Waals surface area contributed by atoms with Gasteiger partial charge >= 0.3 is 0 Å². The van der Waals surface area contributed by atoms with Gasteiger partial charge in [-0.2, -0.15) is 5.10 Å². The van der Waals surface area contributed by atoms with E-state index in [-0.39, 0.29) is 0 Å². The number of rotatable bonds is 3. The molecular weight excluding hydrogens is 342 g/mol. The van der Waals surface area contributed by atoms with Crippen molar-refractivity contribution in [1.82, 2.24) is 24.3 Å². The molecule has 20 heavy (non-hydrogen) atoms. The van der Waals surface area contributed by atoms with Gasteiger partial charge in [0.15, 0.2) is 5.65 Å². The first-order valence-corrected chi connectivity index (χ1v) is 7.58. The molecule has 0 aliphatic rings. The molecule has 7 heteroatoms. The Morgan fingerprint density at radius 3 is 2.90 bits per heavy atom. The highest BCUT2D eigenvalue weighted by Gasteiger charge is 2.17. The van der Waals surface area contributed by atoms with Crippen LogP contribution in [0.2, 0.25) is 0 Å². The van der Waals surface area contributed by atoms with Crippen molar-refractivity contribution in [1.29, 1.82) is 0 Å². The zero-order valence-corrected chi connectivity index (χ0v) is 13.5. The zero-order chi connectivity index (χ0) is 14.3. The first-order valence-electron chi connectivity index (χ1n) is 6.25. The molecule has 104 valence electrons. The Hall–Kier alpha value is -1.40. The highest BCUT2D eigenvalue weighted by atomic mass is 79.9. The first kappa shape index (κ1) is 13.6. The lowest BCUT2D eigenvalue weighted by Gasteiger charge is -2.05. The Labute approximate surface area is 129 Å². The molecule has 3 heterocycles. The minimum atomic E-state index is 0.325. The van der Waals surface area contributed by atoms with Crippen molar-refractivity contribution >= 4 is 38.7 Å². The summed E-state index contributed by atoms with van der Waals surface area (Å²) < 4.78 is 4.69. The molecular formula is C13H13BrClN5. The molecule has 3 aromatic rings. The minimum Gasteiger partial charge on any atom is -0.276 e. The second-order valence-corrected chi connectivity index (χ2v) is 5.66. The third-order valence-electron chi connectivity index (χ3n) is 3.11. The molecule has 0 saturated heterocycles. The molecule has 0 spiro atoms. The number of alkyl halides is 1. The highest BCUT2D eigenvalue weighted by Crippen LogP contribution is 2.25. The lowest BCUT2D eigenvalue weighted by atomic mass is 10.3. The third kappa shape index (κ3) is 2.13. The summed E-state index contributed by atoms with van der Waals surface area (Å²) in [7, 11) is 1.91. The largest absolute Gasteiger partial charge is 0.276 e. The average molecular weight is 355 g/mol. The van der Waals surface area contributed by atoms with E-state index in [9.17, 15) is 0 Å². The van der Waals surface area contributed by atoms with Gasteiger partial charge in [0.2, 0.25) is 0 Å². The van der Waals surface area contributed by atoms with Gasteiger partial charge in [-0.1, -0.05) is 6.92 Å². The summed E-state index contributed by atoms with van der Waals surface area (Å²) in [6.45, 7) is 2.08. The summed E-state index contributed by atoms with van der Waals surface area (Å²) in [6, 6.07) is 1.94. The summed E-state index contributed by atoms with van der Waals surface area (Å²) in [6.07, 6.45) is 4.58. The van der Waals surface area contributed by atoms with Crippen molar-refractivity contribution in [3.63, 3.8) is 0 Å². The Bertz CT molecular complexity index is 777. The monoisotopic (exact) mass is 353 g/mol. The number of pyridine rings is 1. The number of nitrogens with zero attached hydrogens (tertiary/aromatic N) is 5. The molecule has 0 aliphatic carbocycles. The number of hydrogen-bond donors (Lipinski definition) is 0. The van der Waals surface area contributed by atoms with Gasteiger partial charge in [0, 0.05) is 23.9 Å². The van der Waals surface area contributed by atoms with Crippen molar-refractivity contribution in [3.8, 4) is 5.69 Å². The summed E-state index contributed by atoms with van der Waals surface area (Å²) in [5, 5.41) is 4.47. The van der Waals surface area contributed by atoms with E-state index in [1.807, 2.05) is 23.9 Å². The van der Waals surface area contributed by atoms with Crippen LogP contribution >= 0.6 is 27.5 Å². The quantitative estimate of drug-likeness (QED) is 0.679. The predicted octanol–water partition coefficient (Wildman–Crippen LogP) is 3.22. The van der Waals surface area contributed by atoms with E-state index in [1.165, 1.54) is 0 Å². The van der Waals surface area contributed by atoms with Gasteiger partial charge in [0.1, 0.15) is 11.3 Å². The summed E-state index contributed by atoms with van der Waals surface area (Å²) >= 11 is 9.46. The van der Waals surface area contributed by atoms with Crippen LogP contribution in [0.3, 0.4) is 0 Å². The lowest BCUT2D eigenvalue weighted by molar-refractivity contribution is 0.746. The van der Waals surface area contributed by atoms with E-state index in [1.54, 1.807) is 10.9 Å². The molecule has 5 nitrogen and oxygen atoms in total. The maximum atomic E-state index is 6.05. The van der Waals surface area contributed by atoms with Crippen LogP contribution in [-0.2, 0) is 19.3 Å². The van der Waals surface area contributed by atoms with Gasteiger partial charge in [0.05, 0.1) is 17.3 Å². The third-order valence-corrected chi connectivity index (χ3v) is 3.78. The van der Waals surface area contributed by atoms with E-state index >= 15 is 0 Å². The number of imidazole rings is 1. The topological polar surface area (TPSA) is 48.5 Å². The maximum Gasteiger partial charge on any atom is 0.164 e. The van der Waals surface area contributed by atoms with E-state index in [0.717, 1.165) is 39.3 Å². The van der Waals surface area contributed by atoms with Crippen LogP contribution in [0.5, 0.6) is 0 Å². The van der Waals surface area contributed by atoms with Crippen molar-refractivity contribution in [2.24, 2.45) is 7.05 Å². The van der Waals surface area contributed by atoms with Crippen molar-refractivity contribution in [2.75, 3.05) is 0 Å². The summed E-state index contributed by atoms with van der Waals surface area (Å²) in [4.78, 5) is 9.02. The normalized spacial score (nSPS) is 11.4. The Morgan fingerprint density at radius 2 is 2.20 bits per heavy atom. The Morgan fingerprint density at radius 1 is 1.40 bits per heavy atom. The molecule has 0 aromatic carbocycles. The first-order chi connectivity index (χ1) is 9.63. The fourth-order valence-corrected chi connectivity index (χ4v) is 2.79. The molecule has 0 radical (unpaired) electrons. The fourth-order valence-electron chi connectivity index (χ4n) is 2.29. The molecule has 0 saturated carbocycles. The van der Waals surface area contributed by atoms with Crippen LogP contribution in [0.15, 0.2) is 22.9 Å². The maximum absolute atomic E-state index is 6.05. The van der Waals surface area contributed by atoms with Crippen molar-refractivity contribution in [2.45, 2.75) is 19.2 Å². The van der Waals surface area contributed by atoms with Gasteiger partial charge < -0.3 is 0 Å². The zero-order valence-electron chi connectivity index (χ0n) is 11.1. The smallest absolute Gasteiger partial charge is 0.164 e. The molecule has 0 bridgehead atoms. The molecule has 0 N–H and O–H groups in total. The summed E-state index contributed by atoms with van der Waals surface area (Å²) in [5.74, 6) is 1.10. The Balaban J connectivity index is 2.33. The average Bonchev–Trinajstić information content (AvgIpc) is 2.97. The van der Waals surface area contributed by atoms with Crippen LogP contribution in [0, 0.1) is 0 Å².